The number of aliphatic hydroxyl groups excluding tert-OH is 1. The van der Waals surface area contributed by atoms with E-state index in [1.54, 1.807) is 36.7 Å². The zero-order valence-electron chi connectivity index (χ0n) is 16.9. The first-order valence-corrected chi connectivity index (χ1v) is 9.83. The maximum atomic E-state index is 11.1. The highest BCUT2D eigenvalue weighted by Crippen LogP contribution is 2.29. The Bertz CT molecular complexity index is 1140. The van der Waals surface area contributed by atoms with Gasteiger partial charge in [-0.15, -0.1) is 0 Å². The molecule has 1 atom stereocenters. The number of aromatic nitrogens is 3. The van der Waals surface area contributed by atoms with Gasteiger partial charge in [-0.25, -0.2) is 15.0 Å². The maximum absolute atomic E-state index is 11.1. The quantitative estimate of drug-likeness (QED) is 0.580. The van der Waals surface area contributed by atoms with Gasteiger partial charge in [-0.3, -0.25) is 4.79 Å². The number of nitrogens with zero attached hydrogens (tertiary/aromatic N) is 5. The van der Waals surface area contributed by atoms with Crippen LogP contribution in [-0.2, 0) is 4.79 Å². The predicted octanol–water partition coefficient (Wildman–Crippen LogP) is 2.68. The largest absolute Gasteiger partial charge is 0.391 e. The van der Waals surface area contributed by atoms with E-state index in [-0.39, 0.29) is 12.0 Å². The van der Waals surface area contributed by atoms with Crippen molar-refractivity contribution in [1.82, 2.24) is 15.0 Å². The second-order valence-electron chi connectivity index (χ2n) is 7.24. The molecule has 31 heavy (non-hydrogen) atoms. The van der Waals surface area contributed by atoms with Crippen LogP contribution in [0.25, 0.3) is 11.3 Å². The Morgan fingerprint density at radius 2 is 2.13 bits per heavy atom. The van der Waals surface area contributed by atoms with Crippen molar-refractivity contribution >= 4 is 29.0 Å². The van der Waals surface area contributed by atoms with Gasteiger partial charge in [0, 0.05) is 31.8 Å². The molecular formula is C22H21N7O2. The minimum absolute atomic E-state index is 0.187. The molecule has 1 fully saturated rings. The van der Waals surface area contributed by atoms with E-state index in [4.69, 9.17) is 0 Å². The Morgan fingerprint density at radius 3 is 2.81 bits per heavy atom. The predicted molar refractivity (Wildman–Crippen MR) is 117 cm³/mol. The number of β-amino-alcohol motifs (C(OH)–C–C–N with tert-alkyl or cyclic N) is 1. The monoisotopic (exact) mass is 415 g/mol. The van der Waals surface area contributed by atoms with Crippen LogP contribution in [0.5, 0.6) is 0 Å². The van der Waals surface area contributed by atoms with Crippen LogP contribution in [0.1, 0.15) is 18.9 Å². The summed E-state index contributed by atoms with van der Waals surface area (Å²) in [5.74, 6) is 0.659. The number of carbonyl (C=O) groups excluding carboxylic acids is 1. The van der Waals surface area contributed by atoms with Crippen molar-refractivity contribution in [1.29, 1.82) is 5.26 Å². The lowest BCUT2D eigenvalue weighted by Gasteiger charge is -2.19. The number of nitrogens with one attached hydrogen (secondary N) is 2. The lowest BCUT2D eigenvalue weighted by molar-refractivity contribution is -0.114. The Morgan fingerprint density at radius 1 is 1.26 bits per heavy atom. The van der Waals surface area contributed by atoms with Crippen molar-refractivity contribution < 1.29 is 9.90 Å². The van der Waals surface area contributed by atoms with E-state index >= 15 is 0 Å². The second-order valence-corrected chi connectivity index (χ2v) is 7.24. The molecule has 1 saturated heterocycles. The third-order valence-electron chi connectivity index (χ3n) is 4.90. The summed E-state index contributed by atoms with van der Waals surface area (Å²) >= 11 is 0. The number of hydrogen-bond donors (Lipinski definition) is 3. The first-order valence-electron chi connectivity index (χ1n) is 9.83. The summed E-state index contributed by atoms with van der Waals surface area (Å²) in [6, 6.07) is 13.1. The molecule has 3 N–H and O–H groups in total. The van der Waals surface area contributed by atoms with Crippen molar-refractivity contribution in [3.8, 4) is 17.3 Å². The molecule has 1 aliphatic rings. The Kier molecular flexibility index (Phi) is 5.73. The molecule has 1 aromatic carbocycles. The van der Waals surface area contributed by atoms with Crippen LogP contribution >= 0.6 is 0 Å². The molecule has 0 spiro atoms. The van der Waals surface area contributed by atoms with Gasteiger partial charge in [0.2, 0.25) is 11.9 Å². The zero-order valence-corrected chi connectivity index (χ0v) is 16.9. The average molecular weight is 415 g/mol. The first-order chi connectivity index (χ1) is 15.0. The lowest BCUT2D eigenvalue weighted by atomic mass is 10.1. The summed E-state index contributed by atoms with van der Waals surface area (Å²) < 4.78 is 0. The van der Waals surface area contributed by atoms with Crippen molar-refractivity contribution in [3.63, 3.8) is 0 Å². The number of benzene rings is 1. The van der Waals surface area contributed by atoms with Crippen molar-refractivity contribution in [3.05, 3.63) is 54.4 Å². The Hall–Kier alpha value is -4.03. The smallest absolute Gasteiger partial charge is 0.227 e. The van der Waals surface area contributed by atoms with Gasteiger partial charge in [-0.2, -0.15) is 5.26 Å². The van der Waals surface area contributed by atoms with Gasteiger partial charge in [0.15, 0.2) is 0 Å². The average Bonchev–Trinajstić information content (AvgIpc) is 3.20. The number of rotatable bonds is 5. The van der Waals surface area contributed by atoms with Crippen LogP contribution in [-0.4, -0.2) is 45.2 Å². The first kappa shape index (κ1) is 20.3. The van der Waals surface area contributed by atoms with E-state index in [1.165, 1.54) is 6.92 Å². The van der Waals surface area contributed by atoms with Gasteiger partial charge in [-0.05, 0) is 36.8 Å². The molecule has 0 radical (unpaired) electrons. The van der Waals surface area contributed by atoms with Gasteiger partial charge < -0.3 is 20.6 Å². The lowest BCUT2D eigenvalue weighted by Crippen LogP contribution is -2.22. The molecule has 156 valence electrons. The van der Waals surface area contributed by atoms with E-state index in [0.29, 0.717) is 41.7 Å². The molecular weight excluding hydrogens is 394 g/mol. The van der Waals surface area contributed by atoms with Gasteiger partial charge in [0.25, 0.3) is 0 Å². The molecule has 4 rings (SSSR count). The highest BCUT2D eigenvalue weighted by molar-refractivity contribution is 5.87. The van der Waals surface area contributed by atoms with Crippen LogP contribution in [0, 0.1) is 11.3 Å². The molecule has 3 aromatic rings. The number of anilines is 4. The summed E-state index contributed by atoms with van der Waals surface area (Å²) in [6.07, 6.45) is 3.56. The molecule has 0 saturated carbocycles. The number of hydrogen-bond acceptors (Lipinski definition) is 8. The Balaban J connectivity index is 1.54. The fourth-order valence-electron chi connectivity index (χ4n) is 3.45. The SMILES string of the molecule is CC(=O)Nc1ccc(Nc2nccc(-c3ccc(N4CC[C@H](O)C4)c(C#N)c3)n2)cn1. The standard InChI is InChI=1S/C22H21N7O2/c1-14(30)26-21-5-3-17(12-25-21)27-22-24-8-6-19(28-22)15-2-4-20(16(10-15)11-23)29-9-7-18(31)13-29/h2-6,8,10,12,18,31H,7,9,13H2,1H3,(H,24,27,28)(H,25,26,30)/t18-/m0/s1. The molecule has 0 bridgehead atoms. The fourth-order valence-corrected chi connectivity index (χ4v) is 3.45. The fraction of sp³-hybridized carbons (Fsp3) is 0.227. The summed E-state index contributed by atoms with van der Waals surface area (Å²) in [5, 5.41) is 25.1. The van der Waals surface area contributed by atoms with Gasteiger partial charge in [0.05, 0.1) is 34.9 Å². The minimum atomic E-state index is -0.358. The van der Waals surface area contributed by atoms with E-state index in [0.717, 1.165) is 17.8 Å². The molecule has 0 unspecified atom stereocenters. The number of aliphatic hydroxyl groups is 1. The summed E-state index contributed by atoms with van der Waals surface area (Å²) in [6.45, 7) is 2.68. The molecule has 9 nitrogen and oxygen atoms in total. The van der Waals surface area contributed by atoms with Crippen molar-refractivity contribution in [2.75, 3.05) is 28.6 Å². The van der Waals surface area contributed by atoms with Crippen LogP contribution in [0.4, 0.5) is 23.1 Å². The molecule has 2 aromatic heterocycles. The van der Waals surface area contributed by atoms with Crippen LogP contribution in [0.15, 0.2) is 48.8 Å². The van der Waals surface area contributed by atoms with E-state index in [9.17, 15) is 15.2 Å². The van der Waals surface area contributed by atoms with E-state index in [2.05, 4.69) is 31.7 Å². The summed E-state index contributed by atoms with van der Waals surface area (Å²) in [4.78, 5) is 26.1. The maximum Gasteiger partial charge on any atom is 0.227 e. The highest BCUT2D eigenvalue weighted by Gasteiger charge is 2.22. The van der Waals surface area contributed by atoms with Crippen LogP contribution in [0.3, 0.4) is 0 Å². The second kappa shape index (κ2) is 8.77. The van der Waals surface area contributed by atoms with Crippen molar-refractivity contribution in [2.45, 2.75) is 19.4 Å². The topological polar surface area (TPSA) is 127 Å². The van der Waals surface area contributed by atoms with E-state index < -0.39 is 0 Å². The van der Waals surface area contributed by atoms with Crippen LogP contribution < -0.4 is 15.5 Å². The molecule has 1 aliphatic heterocycles. The third-order valence-corrected chi connectivity index (χ3v) is 4.90. The van der Waals surface area contributed by atoms with Crippen LogP contribution in [0.2, 0.25) is 0 Å². The third kappa shape index (κ3) is 4.76. The van der Waals surface area contributed by atoms with Crippen molar-refractivity contribution in [2.24, 2.45) is 0 Å². The number of carbonyl (C=O) groups is 1. The normalized spacial score (nSPS) is 15.4. The minimum Gasteiger partial charge on any atom is -0.391 e. The molecule has 3 heterocycles. The zero-order chi connectivity index (χ0) is 21.8. The number of pyridine rings is 1. The van der Waals surface area contributed by atoms with E-state index in [1.807, 2.05) is 17.0 Å². The van der Waals surface area contributed by atoms with Gasteiger partial charge >= 0.3 is 0 Å². The summed E-state index contributed by atoms with van der Waals surface area (Å²) in [7, 11) is 0. The molecule has 9 heteroatoms. The van der Waals surface area contributed by atoms with Gasteiger partial charge in [0.1, 0.15) is 11.9 Å². The number of nitriles is 1. The molecule has 0 aliphatic carbocycles. The highest BCUT2D eigenvalue weighted by atomic mass is 16.3. The summed E-state index contributed by atoms with van der Waals surface area (Å²) in [5.41, 5.74) is 3.50. The Labute approximate surface area is 179 Å². The molecule has 1 amide bonds. The van der Waals surface area contributed by atoms with Gasteiger partial charge in [-0.1, -0.05) is 6.07 Å². The number of amides is 1.